The number of aromatic nitrogens is 4. The molecule has 49 heavy (non-hydrogen) atoms. The molecule has 3 heterocycles. The minimum atomic E-state index is -0.553. The van der Waals surface area contributed by atoms with Crippen molar-refractivity contribution in [1.82, 2.24) is 24.9 Å². The Kier molecular flexibility index (Phi) is 9.75. The lowest BCUT2D eigenvalue weighted by atomic mass is 9.98. The number of pyridine rings is 1. The molecule has 0 aliphatic carbocycles. The minimum absolute atomic E-state index is 0.0561. The molecule has 1 saturated heterocycles. The van der Waals surface area contributed by atoms with Crippen molar-refractivity contribution in [3.8, 4) is 6.07 Å². The molecule has 1 atom stereocenters. The summed E-state index contributed by atoms with van der Waals surface area (Å²) in [6, 6.07) is 17.3. The zero-order valence-corrected chi connectivity index (χ0v) is 29.1. The molecule has 1 amide bonds. The Bertz CT molecular complexity index is 2060. The van der Waals surface area contributed by atoms with E-state index in [4.69, 9.17) is 23.2 Å². The summed E-state index contributed by atoms with van der Waals surface area (Å²) in [7, 11) is 0. The van der Waals surface area contributed by atoms with E-state index >= 15 is 0 Å². The second kappa shape index (κ2) is 14.0. The quantitative estimate of drug-likeness (QED) is 0.147. The maximum absolute atomic E-state index is 13.9. The van der Waals surface area contributed by atoms with Crippen molar-refractivity contribution in [1.29, 1.82) is 5.26 Å². The van der Waals surface area contributed by atoms with E-state index in [1.165, 1.54) is 31.3 Å². The van der Waals surface area contributed by atoms with Gasteiger partial charge in [0.15, 0.2) is 0 Å². The summed E-state index contributed by atoms with van der Waals surface area (Å²) in [5, 5.41) is 29.7. The van der Waals surface area contributed by atoms with E-state index in [2.05, 4.69) is 63.0 Å². The normalized spacial score (nSPS) is 14.7. The first kappa shape index (κ1) is 34.1. The molecule has 1 aliphatic rings. The van der Waals surface area contributed by atoms with Crippen LogP contribution in [0.1, 0.15) is 69.4 Å². The molecular weight excluding hydrogens is 664 g/mol. The topological polar surface area (TPSA) is 124 Å². The average molecular weight is 701 g/mol. The highest BCUT2D eigenvalue weighted by molar-refractivity contribution is 6.36. The standard InChI is InChI=1S/C36H36Cl2FN9O/c1-21(49)42-24-7-5-6-22(14-24)34(32-20-48(46-45-32)27-10-12-47(13-11-27)36(2,3)4)44-26-15-28-33(43-25-8-9-31(39)29(37)16-25)23(18-40)19-41-35(28)30(38)17-26/h5-9,14-17,19-20,27,34,44H,10-13H2,1-4H3,(H,41,43)(H,42,49). The Balaban J connectivity index is 1.39. The summed E-state index contributed by atoms with van der Waals surface area (Å²) in [6.45, 7) is 10.1. The van der Waals surface area contributed by atoms with Gasteiger partial charge in [0, 0.05) is 54.2 Å². The fourth-order valence-corrected chi connectivity index (χ4v) is 6.63. The van der Waals surface area contributed by atoms with Gasteiger partial charge in [-0.05, 0) is 81.6 Å². The van der Waals surface area contributed by atoms with E-state index in [9.17, 15) is 14.4 Å². The molecule has 1 unspecified atom stereocenters. The van der Waals surface area contributed by atoms with Crippen LogP contribution < -0.4 is 16.0 Å². The number of rotatable bonds is 8. The van der Waals surface area contributed by atoms with Crippen LogP contribution in [0, 0.1) is 17.1 Å². The van der Waals surface area contributed by atoms with E-state index in [-0.39, 0.29) is 28.1 Å². The Morgan fingerprint density at radius 1 is 1.04 bits per heavy atom. The highest BCUT2D eigenvalue weighted by Crippen LogP contribution is 2.38. The maximum atomic E-state index is 13.9. The SMILES string of the molecule is CC(=O)Nc1cccc(C(Nc2cc(Cl)c3ncc(C#N)c(Nc4ccc(F)c(Cl)c4)c3c2)c2cn(C3CCN(C(C)(C)C)CC3)nn2)c1. The molecule has 3 N–H and O–H groups in total. The van der Waals surface area contributed by atoms with Crippen molar-refractivity contribution >= 4 is 62.8 Å². The van der Waals surface area contributed by atoms with Crippen molar-refractivity contribution in [3.05, 3.63) is 99.7 Å². The van der Waals surface area contributed by atoms with Gasteiger partial charge in [0.1, 0.15) is 17.6 Å². The predicted octanol–water partition coefficient (Wildman–Crippen LogP) is 8.48. The van der Waals surface area contributed by atoms with E-state index in [0.717, 1.165) is 31.5 Å². The molecule has 3 aromatic carbocycles. The van der Waals surface area contributed by atoms with Gasteiger partial charge < -0.3 is 16.0 Å². The van der Waals surface area contributed by atoms with Gasteiger partial charge in [-0.25, -0.2) is 9.07 Å². The molecule has 5 aromatic rings. The molecule has 252 valence electrons. The predicted molar refractivity (Wildman–Crippen MR) is 192 cm³/mol. The summed E-state index contributed by atoms with van der Waals surface area (Å²) in [6.07, 6.45) is 5.33. The van der Waals surface area contributed by atoms with Crippen LogP contribution in [0.5, 0.6) is 0 Å². The van der Waals surface area contributed by atoms with Gasteiger partial charge in [-0.3, -0.25) is 14.7 Å². The number of amides is 1. The van der Waals surface area contributed by atoms with Crippen LogP contribution in [0.4, 0.5) is 27.1 Å². The summed E-state index contributed by atoms with van der Waals surface area (Å²) in [5.41, 5.74) is 4.55. The van der Waals surface area contributed by atoms with Gasteiger partial charge in [-0.2, -0.15) is 5.26 Å². The van der Waals surface area contributed by atoms with Gasteiger partial charge in [0.25, 0.3) is 0 Å². The molecule has 0 bridgehead atoms. The summed E-state index contributed by atoms with van der Waals surface area (Å²) < 4.78 is 15.9. The Morgan fingerprint density at radius 3 is 2.49 bits per heavy atom. The number of nitriles is 1. The molecular formula is C36H36Cl2FN9O. The smallest absolute Gasteiger partial charge is 0.221 e. The van der Waals surface area contributed by atoms with Crippen LogP contribution in [0.2, 0.25) is 10.0 Å². The summed E-state index contributed by atoms with van der Waals surface area (Å²) >= 11 is 12.9. The number of halogens is 3. The highest BCUT2D eigenvalue weighted by Gasteiger charge is 2.29. The number of nitrogens with one attached hydrogen (secondary N) is 3. The Hall–Kier alpha value is -4.76. The lowest BCUT2D eigenvalue weighted by Gasteiger charge is -2.40. The molecule has 0 saturated carbocycles. The van der Waals surface area contributed by atoms with Crippen LogP contribution in [-0.4, -0.2) is 49.4 Å². The molecule has 6 rings (SSSR count). The molecule has 1 aliphatic heterocycles. The van der Waals surface area contributed by atoms with Crippen LogP contribution in [0.15, 0.2) is 67.0 Å². The molecule has 2 aromatic heterocycles. The number of hydrogen-bond donors (Lipinski definition) is 3. The average Bonchev–Trinajstić information content (AvgIpc) is 3.55. The van der Waals surface area contributed by atoms with Gasteiger partial charge >= 0.3 is 0 Å². The van der Waals surface area contributed by atoms with Crippen molar-refractivity contribution in [3.63, 3.8) is 0 Å². The largest absolute Gasteiger partial charge is 0.373 e. The zero-order valence-electron chi connectivity index (χ0n) is 27.6. The Morgan fingerprint density at radius 2 is 1.80 bits per heavy atom. The van der Waals surface area contributed by atoms with Crippen LogP contribution in [0.3, 0.4) is 0 Å². The van der Waals surface area contributed by atoms with Crippen molar-refractivity contribution in [2.24, 2.45) is 0 Å². The fraction of sp³-hybridized carbons (Fsp3) is 0.306. The third-order valence-electron chi connectivity index (χ3n) is 8.70. The number of likely N-dealkylation sites (tertiary alicyclic amines) is 1. The molecule has 13 heteroatoms. The number of anilines is 4. The fourth-order valence-electron chi connectivity index (χ4n) is 6.18. The van der Waals surface area contributed by atoms with Gasteiger partial charge in [0.2, 0.25) is 5.91 Å². The van der Waals surface area contributed by atoms with E-state index in [1.807, 2.05) is 41.2 Å². The first-order valence-corrected chi connectivity index (χ1v) is 16.7. The second-order valence-corrected chi connectivity index (χ2v) is 14.0. The molecule has 10 nitrogen and oxygen atoms in total. The highest BCUT2D eigenvalue weighted by atomic mass is 35.5. The first-order chi connectivity index (χ1) is 23.4. The van der Waals surface area contributed by atoms with E-state index in [1.54, 1.807) is 6.07 Å². The van der Waals surface area contributed by atoms with Crippen LogP contribution in [-0.2, 0) is 4.79 Å². The van der Waals surface area contributed by atoms with Gasteiger partial charge in [-0.15, -0.1) is 5.10 Å². The molecule has 0 radical (unpaired) electrons. The zero-order chi connectivity index (χ0) is 34.9. The van der Waals surface area contributed by atoms with E-state index < -0.39 is 11.9 Å². The van der Waals surface area contributed by atoms with Crippen molar-refractivity contribution in [2.45, 2.75) is 58.2 Å². The van der Waals surface area contributed by atoms with Crippen molar-refractivity contribution < 1.29 is 9.18 Å². The molecule has 0 spiro atoms. The number of hydrogen-bond acceptors (Lipinski definition) is 8. The first-order valence-electron chi connectivity index (χ1n) is 15.9. The Labute approximate surface area is 294 Å². The van der Waals surface area contributed by atoms with Crippen molar-refractivity contribution in [2.75, 3.05) is 29.0 Å². The third-order valence-corrected chi connectivity index (χ3v) is 9.27. The van der Waals surface area contributed by atoms with Gasteiger partial charge in [-0.1, -0.05) is 40.5 Å². The van der Waals surface area contributed by atoms with E-state index in [0.29, 0.717) is 44.4 Å². The number of nitrogens with zero attached hydrogens (tertiary/aromatic N) is 6. The number of benzene rings is 3. The second-order valence-electron chi connectivity index (χ2n) is 13.2. The molecule has 1 fully saturated rings. The number of piperidine rings is 1. The minimum Gasteiger partial charge on any atom is -0.373 e. The van der Waals surface area contributed by atoms with Crippen LogP contribution >= 0.6 is 23.2 Å². The number of fused-ring (bicyclic) bond motifs is 1. The monoisotopic (exact) mass is 699 g/mol. The summed E-state index contributed by atoms with van der Waals surface area (Å²) in [5.74, 6) is -0.735. The lowest BCUT2D eigenvalue weighted by molar-refractivity contribution is -0.114. The lowest BCUT2D eigenvalue weighted by Crippen LogP contribution is -2.46. The van der Waals surface area contributed by atoms with Gasteiger partial charge in [0.05, 0.1) is 45.1 Å². The van der Waals surface area contributed by atoms with Crippen LogP contribution in [0.25, 0.3) is 10.9 Å². The number of carbonyl (C=O) groups excluding carboxylic acids is 1. The maximum Gasteiger partial charge on any atom is 0.221 e. The third kappa shape index (κ3) is 7.62. The number of carbonyl (C=O) groups is 1. The summed E-state index contributed by atoms with van der Waals surface area (Å²) in [4.78, 5) is 18.8.